The van der Waals surface area contributed by atoms with Crippen molar-refractivity contribution < 1.29 is 28.7 Å². The van der Waals surface area contributed by atoms with Gasteiger partial charge in [0.15, 0.2) is 29.1 Å². The third-order valence-corrected chi connectivity index (χ3v) is 6.83. The molecular formula is C30H51N25O6. The third kappa shape index (κ3) is 26.0. The first-order valence-electron chi connectivity index (χ1n) is 18.2. The number of aliphatic imine (C=N–C) groups is 1. The van der Waals surface area contributed by atoms with Crippen molar-refractivity contribution >= 4 is 36.2 Å². The Balaban J connectivity index is 0.000000724. The number of nitrogens with zero attached hydrogens (tertiary/aromatic N) is 14. The van der Waals surface area contributed by atoms with Crippen LogP contribution in [0.2, 0.25) is 0 Å². The first-order chi connectivity index (χ1) is 29.3. The van der Waals surface area contributed by atoms with Crippen LogP contribution in [0, 0.1) is 11.5 Å². The number of nitrogens with two attached hydrogens (primary N) is 2. The van der Waals surface area contributed by atoms with Gasteiger partial charge >= 0.3 is 24.1 Å². The molecule has 7 heterocycles. The second-order valence-corrected chi connectivity index (χ2v) is 11.4. The number of nitriles is 1. The highest BCUT2D eigenvalue weighted by atomic mass is 16.5. The van der Waals surface area contributed by atoms with Gasteiger partial charge in [-0.3, -0.25) is 5.43 Å². The smallest absolute Gasteiger partial charge is 0.315 e. The molecule has 0 fully saturated rings. The van der Waals surface area contributed by atoms with Crippen LogP contribution in [-0.2, 0) is 42.3 Å². The summed E-state index contributed by atoms with van der Waals surface area (Å²) in [5.41, 5.74) is 7.37. The first kappa shape index (κ1) is 51.3. The number of hydrogen-bond acceptors (Lipinski definition) is 23. The van der Waals surface area contributed by atoms with E-state index < -0.39 is 24.1 Å². The second-order valence-electron chi connectivity index (χ2n) is 11.4. The zero-order valence-corrected chi connectivity index (χ0v) is 32.4. The normalized spacial score (nSPS) is 14.3. The average molecular weight is 858 g/mol. The summed E-state index contributed by atoms with van der Waals surface area (Å²) in [5.74, 6) is 6.35. The summed E-state index contributed by atoms with van der Waals surface area (Å²) < 4.78 is 4.38. The Bertz CT molecular complexity index is 1580. The van der Waals surface area contributed by atoms with Gasteiger partial charge in [-0.05, 0) is 38.5 Å². The van der Waals surface area contributed by atoms with Crippen LogP contribution in [0.15, 0.2) is 4.99 Å². The Morgan fingerprint density at radius 1 is 0.590 bits per heavy atom. The molecule has 31 heteroatoms. The van der Waals surface area contributed by atoms with Gasteiger partial charge in [0.2, 0.25) is 6.08 Å². The van der Waals surface area contributed by atoms with Gasteiger partial charge in [0, 0.05) is 26.2 Å². The number of carbonyl (C=O) groups is 4. The number of ether oxygens (including phenoxy) is 1. The number of unbranched alkanes of at least 4 members (excludes halogenated alkanes) is 1. The fourth-order valence-corrected chi connectivity index (χ4v) is 3.87. The van der Waals surface area contributed by atoms with Crippen molar-refractivity contribution in [3.05, 3.63) is 29.1 Å². The van der Waals surface area contributed by atoms with Crippen LogP contribution in [0.25, 0.3) is 0 Å². The topological polar surface area (TPSA) is 446 Å². The molecule has 4 aliphatic rings. The highest BCUT2D eigenvalue weighted by Gasteiger charge is 2.09. The molecule has 0 atom stereocenters. The number of hydrazine groups is 1. The van der Waals surface area contributed by atoms with E-state index in [1.165, 1.54) is 6.08 Å². The lowest BCUT2D eigenvalue weighted by atomic mass is 10.3. The summed E-state index contributed by atoms with van der Waals surface area (Å²) in [5, 5.41) is 74.3. The molecule has 3 aromatic rings. The van der Waals surface area contributed by atoms with Crippen molar-refractivity contribution in [3.8, 4) is 6.26 Å². The van der Waals surface area contributed by atoms with Gasteiger partial charge < -0.3 is 53.0 Å². The van der Waals surface area contributed by atoms with Crippen LogP contribution in [-0.4, -0.2) is 131 Å². The molecule has 31 nitrogen and oxygen atoms in total. The molecule has 8 amide bonds. The third-order valence-electron chi connectivity index (χ3n) is 6.83. The van der Waals surface area contributed by atoms with E-state index in [1.807, 2.05) is 0 Å². The van der Waals surface area contributed by atoms with Gasteiger partial charge in [0.1, 0.15) is 6.61 Å². The Labute approximate surface area is 349 Å². The Morgan fingerprint density at radius 2 is 0.951 bits per heavy atom. The number of urea groups is 4. The number of nitrogens with one attached hydrogen (secondary N) is 9. The molecule has 0 radical (unpaired) electrons. The van der Waals surface area contributed by atoms with Gasteiger partial charge in [-0.25, -0.2) is 34.8 Å². The SMILES string of the molecule is C.N#COCCCCN=C=O.NCc1nnc(NN)nn1.O=C1NCCCCNC(=O)NCc2nnc(nn2)CNC(=O)NCCCCNC(=O)NCc2nnc(nn2)CN1. The van der Waals surface area contributed by atoms with Gasteiger partial charge in [-0.2, -0.15) is 5.26 Å². The predicted molar refractivity (Wildman–Crippen MR) is 209 cm³/mol. The van der Waals surface area contributed by atoms with Gasteiger partial charge in [-0.1, -0.05) is 7.43 Å². The molecule has 0 spiro atoms. The highest BCUT2D eigenvalue weighted by Crippen LogP contribution is 1.92. The van der Waals surface area contributed by atoms with E-state index in [2.05, 4.69) is 119 Å². The molecule has 4 aliphatic heterocycles. The molecule has 13 N–H and O–H groups in total. The monoisotopic (exact) mass is 857 g/mol. The number of hydrogen-bond donors (Lipinski definition) is 11. The maximum atomic E-state index is 11.9. The van der Waals surface area contributed by atoms with Gasteiger partial charge in [0.05, 0.1) is 39.3 Å². The standard InChI is InChI=1S/C20H32N16O4.C6H8N2O2.C3H7N7.CH4/c37-17-21-5-1-2-6-22-18(38)26-10-14-31-35-16(36-32-14)12-28-20(40)24-8-4-3-7-23-19(39)27-11-15-33-29-13(9-25-17)30-34-15;7-5-10-4-2-1-3-8-6-9;4-1-2-7-9-3(6-5)10-8-2;/h1-12H2,(H2,21,25,37)(H2,22,26,38)(H2,23,27,39)(H2,24,28,40);1-4H2;1,4-5H2,(H,6,9,10);1H4. The molecular weight excluding hydrogens is 806 g/mol. The van der Waals surface area contributed by atoms with Crippen molar-refractivity contribution in [2.45, 2.75) is 78.7 Å². The van der Waals surface area contributed by atoms with E-state index in [-0.39, 0.29) is 69.4 Å². The summed E-state index contributed by atoms with van der Waals surface area (Å²) in [6, 6.07) is -1.63. The molecule has 3 aromatic heterocycles. The molecule has 4 bridgehead atoms. The van der Waals surface area contributed by atoms with E-state index >= 15 is 0 Å². The predicted octanol–water partition coefficient (Wildman–Crippen LogP) is -3.44. The largest absolute Gasteiger partial charge is 0.428 e. The molecule has 7 rings (SSSR count). The van der Waals surface area contributed by atoms with Crippen LogP contribution in [0.4, 0.5) is 25.1 Å². The van der Waals surface area contributed by atoms with Crippen LogP contribution < -0.4 is 59.5 Å². The number of amides is 8. The zero-order valence-electron chi connectivity index (χ0n) is 32.4. The Hall–Kier alpha value is -7.71. The summed E-state index contributed by atoms with van der Waals surface area (Å²) >= 11 is 0. The number of rotatable bonds is 7. The molecule has 332 valence electrons. The summed E-state index contributed by atoms with van der Waals surface area (Å²) in [4.78, 5) is 60.6. The summed E-state index contributed by atoms with van der Waals surface area (Å²) in [7, 11) is 0. The van der Waals surface area contributed by atoms with Gasteiger partial charge in [0.25, 0.3) is 12.2 Å². The van der Waals surface area contributed by atoms with Crippen molar-refractivity contribution in [1.82, 2.24) is 104 Å². The molecule has 0 saturated heterocycles. The van der Waals surface area contributed by atoms with Crippen LogP contribution >= 0.6 is 0 Å². The molecule has 0 aliphatic carbocycles. The van der Waals surface area contributed by atoms with E-state index in [0.29, 0.717) is 70.8 Å². The van der Waals surface area contributed by atoms with E-state index in [0.717, 1.165) is 12.8 Å². The summed E-state index contributed by atoms with van der Waals surface area (Å²) in [6.07, 6.45) is 7.02. The van der Waals surface area contributed by atoms with Crippen molar-refractivity contribution in [2.75, 3.05) is 44.8 Å². The molecule has 0 aromatic carbocycles. The minimum Gasteiger partial charge on any atom is -0.428 e. The average Bonchev–Trinajstić information content (AvgIpc) is 3.28. The van der Waals surface area contributed by atoms with Crippen LogP contribution in [0.1, 0.15) is 75.1 Å². The van der Waals surface area contributed by atoms with Crippen LogP contribution in [0.3, 0.4) is 0 Å². The van der Waals surface area contributed by atoms with E-state index in [4.69, 9.17) is 16.8 Å². The van der Waals surface area contributed by atoms with Crippen molar-refractivity contribution in [2.24, 2.45) is 16.6 Å². The zero-order chi connectivity index (χ0) is 43.5. The minimum atomic E-state index is -0.408. The summed E-state index contributed by atoms with van der Waals surface area (Å²) in [6.45, 7) is 2.78. The Morgan fingerprint density at radius 3 is 1.25 bits per heavy atom. The number of aromatic nitrogens is 12. The first-order valence-corrected chi connectivity index (χ1v) is 18.2. The van der Waals surface area contributed by atoms with Crippen molar-refractivity contribution in [3.63, 3.8) is 0 Å². The maximum absolute atomic E-state index is 11.9. The molecule has 0 saturated carbocycles. The lowest BCUT2D eigenvalue weighted by molar-refractivity contribution is 0.237. The fourth-order valence-electron chi connectivity index (χ4n) is 3.87. The lowest BCUT2D eigenvalue weighted by Gasteiger charge is -2.09. The van der Waals surface area contributed by atoms with Crippen LogP contribution in [0.5, 0.6) is 0 Å². The van der Waals surface area contributed by atoms with Crippen molar-refractivity contribution in [1.29, 1.82) is 5.26 Å². The Kier molecular flexibility index (Phi) is 28.0. The number of anilines is 1. The number of carbonyl (C=O) groups excluding carboxylic acids is 5. The minimum absolute atomic E-state index is 0. The fraction of sp³-hybridized carbons (Fsp3) is 0.600. The molecule has 0 unspecified atom stereocenters. The second kappa shape index (κ2) is 33.3. The van der Waals surface area contributed by atoms with Gasteiger partial charge in [-0.15, -0.1) is 61.2 Å². The number of isocyanates is 1. The van der Waals surface area contributed by atoms with E-state index in [1.54, 1.807) is 6.26 Å². The quantitative estimate of drug-likeness (QED) is 0.0275. The number of nitrogen functional groups attached to an aromatic ring is 1. The highest BCUT2D eigenvalue weighted by molar-refractivity contribution is 5.74. The molecule has 61 heavy (non-hydrogen) atoms. The lowest BCUT2D eigenvalue weighted by Crippen LogP contribution is -2.38. The maximum Gasteiger partial charge on any atom is 0.315 e. The van der Waals surface area contributed by atoms with E-state index in [9.17, 15) is 24.0 Å².